The minimum Gasteiger partial charge on any atom is -0.487 e. The minimum absolute atomic E-state index is 0.0580. The van der Waals surface area contributed by atoms with E-state index in [1.54, 1.807) is 0 Å². The normalized spacial score (nSPS) is 19.3. The molecule has 0 aliphatic carbocycles. The van der Waals surface area contributed by atoms with Gasteiger partial charge in [0.2, 0.25) is 0 Å². The first-order valence-electron chi connectivity index (χ1n) is 4.69. The van der Waals surface area contributed by atoms with Gasteiger partial charge in [-0.25, -0.2) is 0 Å². The van der Waals surface area contributed by atoms with Crippen LogP contribution in [0, 0.1) is 13.8 Å². The third-order valence-electron chi connectivity index (χ3n) is 2.70. The van der Waals surface area contributed by atoms with Crippen molar-refractivity contribution in [1.82, 2.24) is 0 Å². The Kier molecular flexibility index (Phi) is 2.54. The predicted octanol–water partition coefficient (Wildman–Crippen LogP) is 2.36. The van der Waals surface area contributed by atoms with Crippen molar-refractivity contribution in [2.75, 3.05) is 6.61 Å². The molecule has 0 saturated heterocycles. The Morgan fingerprint density at radius 3 is 2.93 bits per heavy atom. The SMILES string of the molecule is Cc1cc2c(c(C)c1Br)CC(CO)O2. The van der Waals surface area contributed by atoms with Gasteiger partial charge in [-0.2, -0.15) is 0 Å². The molecule has 76 valence electrons. The quantitative estimate of drug-likeness (QED) is 0.836. The molecule has 1 N–H and O–H groups in total. The average Bonchev–Trinajstić information content (AvgIpc) is 2.57. The minimum atomic E-state index is -0.0580. The lowest BCUT2D eigenvalue weighted by atomic mass is 10.0. The molecule has 14 heavy (non-hydrogen) atoms. The number of hydrogen-bond acceptors (Lipinski definition) is 2. The monoisotopic (exact) mass is 256 g/mol. The van der Waals surface area contributed by atoms with Crippen LogP contribution in [0.25, 0.3) is 0 Å². The van der Waals surface area contributed by atoms with Gasteiger partial charge in [0.05, 0.1) is 6.61 Å². The van der Waals surface area contributed by atoms with Crippen molar-refractivity contribution in [3.63, 3.8) is 0 Å². The molecule has 0 saturated carbocycles. The molecule has 2 nitrogen and oxygen atoms in total. The van der Waals surface area contributed by atoms with E-state index in [4.69, 9.17) is 9.84 Å². The smallest absolute Gasteiger partial charge is 0.126 e. The van der Waals surface area contributed by atoms with Gasteiger partial charge < -0.3 is 9.84 Å². The Morgan fingerprint density at radius 1 is 1.57 bits per heavy atom. The number of aliphatic hydroxyl groups excluding tert-OH is 1. The second-order valence-electron chi connectivity index (χ2n) is 3.74. The Hall–Kier alpha value is -0.540. The van der Waals surface area contributed by atoms with Crippen LogP contribution in [0.4, 0.5) is 0 Å². The topological polar surface area (TPSA) is 29.5 Å². The molecule has 1 aliphatic heterocycles. The standard InChI is InChI=1S/C11H13BrO2/c1-6-3-10-9(7(2)11(6)12)4-8(5-13)14-10/h3,8,13H,4-5H2,1-2H3. The lowest BCUT2D eigenvalue weighted by Crippen LogP contribution is -2.17. The Labute approximate surface area is 92.0 Å². The zero-order valence-electron chi connectivity index (χ0n) is 8.30. The highest BCUT2D eigenvalue weighted by Gasteiger charge is 2.25. The first-order chi connectivity index (χ1) is 6.63. The summed E-state index contributed by atoms with van der Waals surface area (Å²) in [5.41, 5.74) is 3.64. The van der Waals surface area contributed by atoms with Crippen molar-refractivity contribution in [3.05, 3.63) is 27.2 Å². The van der Waals surface area contributed by atoms with Crippen molar-refractivity contribution in [3.8, 4) is 5.75 Å². The molecule has 1 unspecified atom stereocenters. The number of aliphatic hydroxyl groups is 1. The van der Waals surface area contributed by atoms with E-state index in [1.807, 2.05) is 13.0 Å². The first-order valence-corrected chi connectivity index (χ1v) is 5.49. The molecule has 1 aliphatic rings. The van der Waals surface area contributed by atoms with E-state index < -0.39 is 0 Å². The molecule has 0 bridgehead atoms. The molecule has 1 heterocycles. The third kappa shape index (κ3) is 1.44. The summed E-state index contributed by atoms with van der Waals surface area (Å²) in [7, 11) is 0. The van der Waals surface area contributed by atoms with Crippen LogP contribution in [-0.2, 0) is 6.42 Å². The fourth-order valence-electron chi connectivity index (χ4n) is 1.87. The Bertz CT molecular complexity index is 374. The largest absolute Gasteiger partial charge is 0.487 e. The van der Waals surface area contributed by atoms with Crippen LogP contribution in [0.2, 0.25) is 0 Å². The van der Waals surface area contributed by atoms with Gasteiger partial charge >= 0.3 is 0 Å². The van der Waals surface area contributed by atoms with E-state index in [0.29, 0.717) is 0 Å². The van der Waals surface area contributed by atoms with Crippen LogP contribution < -0.4 is 4.74 Å². The second kappa shape index (κ2) is 3.55. The van der Waals surface area contributed by atoms with E-state index in [-0.39, 0.29) is 12.7 Å². The van der Waals surface area contributed by atoms with Crippen molar-refractivity contribution in [2.24, 2.45) is 0 Å². The van der Waals surface area contributed by atoms with E-state index in [0.717, 1.165) is 16.6 Å². The third-order valence-corrected chi connectivity index (χ3v) is 3.92. The number of aryl methyl sites for hydroxylation is 1. The number of ether oxygens (including phenoxy) is 1. The van der Waals surface area contributed by atoms with Crippen molar-refractivity contribution < 1.29 is 9.84 Å². The van der Waals surface area contributed by atoms with E-state index in [1.165, 1.54) is 16.7 Å². The number of hydrogen-bond donors (Lipinski definition) is 1. The van der Waals surface area contributed by atoms with Gasteiger partial charge in [0.1, 0.15) is 11.9 Å². The van der Waals surface area contributed by atoms with Gasteiger partial charge in [0, 0.05) is 16.5 Å². The van der Waals surface area contributed by atoms with Crippen molar-refractivity contribution in [1.29, 1.82) is 0 Å². The molecule has 0 spiro atoms. The van der Waals surface area contributed by atoms with E-state index >= 15 is 0 Å². The predicted molar refractivity (Wildman–Crippen MR) is 58.8 cm³/mol. The number of rotatable bonds is 1. The first kappa shape index (κ1) is 9.99. The van der Waals surface area contributed by atoms with Crippen molar-refractivity contribution in [2.45, 2.75) is 26.4 Å². The lowest BCUT2D eigenvalue weighted by molar-refractivity contribution is 0.134. The fourth-order valence-corrected chi connectivity index (χ4v) is 2.22. The number of fused-ring (bicyclic) bond motifs is 1. The number of halogens is 1. The molecule has 0 amide bonds. The number of benzene rings is 1. The molecule has 0 radical (unpaired) electrons. The lowest BCUT2D eigenvalue weighted by Gasteiger charge is -2.08. The fraction of sp³-hybridized carbons (Fsp3) is 0.455. The van der Waals surface area contributed by atoms with Crippen LogP contribution in [0.5, 0.6) is 5.75 Å². The van der Waals surface area contributed by atoms with Gasteiger partial charge in [0.25, 0.3) is 0 Å². The molecule has 1 aromatic carbocycles. The highest BCUT2D eigenvalue weighted by atomic mass is 79.9. The summed E-state index contributed by atoms with van der Waals surface area (Å²) in [4.78, 5) is 0. The van der Waals surface area contributed by atoms with Crippen molar-refractivity contribution >= 4 is 15.9 Å². The molecule has 3 heteroatoms. The molecule has 1 aromatic rings. The molecular formula is C11H13BrO2. The van der Waals surface area contributed by atoms with Crippen LogP contribution in [0.15, 0.2) is 10.5 Å². The zero-order chi connectivity index (χ0) is 10.3. The van der Waals surface area contributed by atoms with Crippen LogP contribution in [-0.4, -0.2) is 17.8 Å². The van der Waals surface area contributed by atoms with Crippen LogP contribution in [0.1, 0.15) is 16.7 Å². The highest BCUT2D eigenvalue weighted by Crippen LogP contribution is 2.37. The molecular weight excluding hydrogens is 244 g/mol. The summed E-state index contributed by atoms with van der Waals surface area (Å²) in [6.45, 7) is 4.22. The summed E-state index contributed by atoms with van der Waals surface area (Å²) in [6, 6.07) is 2.03. The maximum atomic E-state index is 9.03. The second-order valence-corrected chi connectivity index (χ2v) is 4.53. The molecule has 0 fully saturated rings. The maximum absolute atomic E-state index is 9.03. The average molecular weight is 257 g/mol. The van der Waals surface area contributed by atoms with Crippen LogP contribution in [0.3, 0.4) is 0 Å². The summed E-state index contributed by atoms with van der Waals surface area (Å²) >= 11 is 3.56. The zero-order valence-corrected chi connectivity index (χ0v) is 9.89. The summed E-state index contributed by atoms with van der Waals surface area (Å²) in [6.07, 6.45) is 0.758. The maximum Gasteiger partial charge on any atom is 0.126 e. The summed E-state index contributed by atoms with van der Waals surface area (Å²) in [5, 5.41) is 9.03. The summed E-state index contributed by atoms with van der Waals surface area (Å²) < 4.78 is 6.75. The van der Waals surface area contributed by atoms with E-state index in [2.05, 4.69) is 22.9 Å². The van der Waals surface area contributed by atoms with Gasteiger partial charge in [-0.15, -0.1) is 0 Å². The molecule has 1 atom stereocenters. The molecule has 2 rings (SSSR count). The van der Waals surface area contributed by atoms with Crippen LogP contribution >= 0.6 is 15.9 Å². The van der Waals surface area contributed by atoms with Gasteiger partial charge in [0.15, 0.2) is 0 Å². The Morgan fingerprint density at radius 2 is 2.29 bits per heavy atom. The van der Waals surface area contributed by atoms with Gasteiger partial charge in [-0.05, 0) is 31.0 Å². The van der Waals surface area contributed by atoms with Gasteiger partial charge in [-0.3, -0.25) is 0 Å². The van der Waals surface area contributed by atoms with E-state index in [9.17, 15) is 0 Å². The van der Waals surface area contributed by atoms with Gasteiger partial charge in [-0.1, -0.05) is 15.9 Å². The Balaban J connectivity index is 2.48. The molecule has 0 aromatic heterocycles. The highest BCUT2D eigenvalue weighted by molar-refractivity contribution is 9.10. The summed E-state index contributed by atoms with van der Waals surface area (Å²) in [5.74, 6) is 0.933.